The molecule has 1 aliphatic carbocycles. The van der Waals surface area contributed by atoms with Crippen molar-refractivity contribution >= 4 is 60.2 Å². The molecule has 1 aliphatic rings. The summed E-state index contributed by atoms with van der Waals surface area (Å²) in [4.78, 5) is 2.45. The van der Waals surface area contributed by atoms with E-state index in [1.807, 2.05) is 0 Å². The Labute approximate surface area is 327 Å². The minimum Gasteiger partial charge on any atom is -0.310 e. The van der Waals surface area contributed by atoms with Gasteiger partial charge in [0.25, 0.3) is 0 Å². The fourth-order valence-corrected chi connectivity index (χ4v) is 9.44. The zero-order chi connectivity index (χ0) is 37.4. The summed E-state index contributed by atoms with van der Waals surface area (Å²) >= 11 is 0. The number of hydrogen-bond acceptors (Lipinski definition) is 1. The number of hydrogen-bond donors (Lipinski definition) is 0. The average molecular weight is 714 g/mol. The zero-order valence-corrected chi connectivity index (χ0v) is 31.5. The number of fused-ring (bicyclic) bond motifs is 9. The van der Waals surface area contributed by atoms with Gasteiger partial charge in [0.2, 0.25) is 0 Å². The zero-order valence-electron chi connectivity index (χ0n) is 31.5. The molecule has 0 saturated carbocycles. The number of para-hydroxylation sites is 1. The van der Waals surface area contributed by atoms with Crippen molar-refractivity contribution in [2.75, 3.05) is 4.90 Å². The van der Waals surface area contributed by atoms with Crippen LogP contribution in [0.3, 0.4) is 0 Å². The van der Waals surface area contributed by atoms with Crippen molar-refractivity contribution in [3.8, 4) is 33.4 Å². The molecule has 0 aromatic heterocycles. The van der Waals surface area contributed by atoms with Crippen LogP contribution < -0.4 is 4.90 Å². The lowest BCUT2D eigenvalue weighted by Gasteiger charge is -2.29. The van der Waals surface area contributed by atoms with Gasteiger partial charge in [-0.15, -0.1) is 0 Å². The van der Waals surface area contributed by atoms with Gasteiger partial charge in [0, 0.05) is 22.4 Å². The van der Waals surface area contributed by atoms with Gasteiger partial charge >= 0.3 is 0 Å². The van der Waals surface area contributed by atoms with Crippen molar-refractivity contribution in [3.05, 3.63) is 211 Å². The topological polar surface area (TPSA) is 3.24 Å². The van der Waals surface area contributed by atoms with Crippen molar-refractivity contribution < 1.29 is 0 Å². The van der Waals surface area contributed by atoms with E-state index >= 15 is 0 Å². The first-order valence-corrected chi connectivity index (χ1v) is 19.6. The van der Waals surface area contributed by atoms with Crippen LogP contribution in [0.1, 0.15) is 25.0 Å². The number of benzene rings is 10. The highest BCUT2D eigenvalue weighted by Gasteiger charge is 2.35. The van der Waals surface area contributed by atoms with Crippen molar-refractivity contribution in [2.45, 2.75) is 19.3 Å². The van der Waals surface area contributed by atoms with Gasteiger partial charge < -0.3 is 4.90 Å². The van der Waals surface area contributed by atoms with E-state index in [-0.39, 0.29) is 5.41 Å². The van der Waals surface area contributed by atoms with Gasteiger partial charge in [0.1, 0.15) is 0 Å². The van der Waals surface area contributed by atoms with Crippen molar-refractivity contribution in [3.63, 3.8) is 0 Å². The van der Waals surface area contributed by atoms with Crippen LogP contribution in [0.2, 0.25) is 0 Å². The Morgan fingerprint density at radius 3 is 1.79 bits per heavy atom. The van der Waals surface area contributed by atoms with Crippen LogP contribution in [-0.4, -0.2) is 0 Å². The predicted octanol–water partition coefficient (Wildman–Crippen LogP) is 15.4. The van der Waals surface area contributed by atoms with Gasteiger partial charge in [0.05, 0.1) is 5.69 Å². The molecule has 0 bridgehead atoms. The molecule has 1 heteroatoms. The molecule has 0 atom stereocenters. The molecular weight excluding hydrogens is 675 g/mol. The highest BCUT2D eigenvalue weighted by Crippen LogP contribution is 2.51. The lowest BCUT2D eigenvalue weighted by Crippen LogP contribution is -2.15. The Balaban J connectivity index is 1.12. The van der Waals surface area contributed by atoms with Crippen LogP contribution in [-0.2, 0) is 5.41 Å². The molecule has 0 heterocycles. The van der Waals surface area contributed by atoms with Crippen LogP contribution in [0.15, 0.2) is 200 Å². The van der Waals surface area contributed by atoms with Crippen molar-refractivity contribution in [2.24, 2.45) is 0 Å². The minimum absolute atomic E-state index is 0.0628. The molecule has 0 N–H and O–H groups in total. The molecule has 10 aromatic rings. The standard InChI is InChI=1S/C55H39N/c1-55(2)51-21-11-9-20-47(51)50-35-43(30-32-52(50)55)56(53-22-12-10-18-45(53)41-24-23-36-13-3-4-15-39(36)33-41)42-28-25-38(26-29-42)49-34-40-16-6-7-17-44(40)48-31-27-37-14-5-8-19-46(37)54(48)49/h3-35H,1-2H3. The van der Waals surface area contributed by atoms with E-state index in [4.69, 9.17) is 0 Å². The quantitative estimate of drug-likeness (QED) is 0.161. The molecule has 10 aromatic carbocycles. The summed E-state index contributed by atoms with van der Waals surface area (Å²) in [6.45, 7) is 4.70. The molecule has 0 spiro atoms. The van der Waals surface area contributed by atoms with E-state index in [1.54, 1.807) is 0 Å². The van der Waals surface area contributed by atoms with E-state index < -0.39 is 0 Å². The van der Waals surface area contributed by atoms with E-state index in [0.717, 1.165) is 17.1 Å². The second-order valence-corrected chi connectivity index (χ2v) is 15.7. The third kappa shape index (κ3) is 5.01. The Morgan fingerprint density at radius 1 is 0.339 bits per heavy atom. The molecule has 56 heavy (non-hydrogen) atoms. The molecule has 11 rings (SSSR count). The van der Waals surface area contributed by atoms with Gasteiger partial charge in [-0.2, -0.15) is 0 Å². The number of rotatable bonds is 5. The summed E-state index contributed by atoms with van der Waals surface area (Å²) in [5.41, 5.74) is 13.6. The monoisotopic (exact) mass is 713 g/mol. The van der Waals surface area contributed by atoms with Crippen LogP contribution in [0.4, 0.5) is 17.1 Å². The molecular formula is C55H39N. The third-order valence-electron chi connectivity index (χ3n) is 12.2. The van der Waals surface area contributed by atoms with Crippen LogP contribution >= 0.6 is 0 Å². The molecule has 0 amide bonds. The molecule has 0 saturated heterocycles. The smallest absolute Gasteiger partial charge is 0.0540 e. The molecule has 264 valence electrons. The first-order valence-electron chi connectivity index (χ1n) is 19.6. The van der Waals surface area contributed by atoms with E-state index in [2.05, 4.69) is 219 Å². The summed E-state index contributed by atoms with van der Waals surface area (Å²) in [5.74, 6) is 0. The first kappa shape index (κ1) is 32.5. The lowest BCUT2D eigenvalue weighted by atomic mass is 9.82. The fraction of sp³-hybridized carbons (Fsp3) is 0.0545. The molecule has 0 radical (unpaired) electrons. The van der Waals surface area contributed by atoms with Gasteiger partial charge in [0.15, 0.2) is 0 Å². The van der Waals surface area contributed by atoms with E-state index in [9.17, 15) is 0 Å². The molecule has 1 nitrogen and oxygen atoms in total. The normalized spacial score (nSPS) is 13.0. The maximum absolute atomic E-state index is 2.45. The largest absolute Gasteiger partial charge is 0.310 e. The second-order valence-electron chi connectivity index (χ2n) is 15.7. The van der Waals surface area contributed by atoms with E-state index in [1.165, 1.54) is 87.6 Å². The van der Waals surface area contributed by atoms with Gasteiger partial charge in [-0.25, -0.2) is 0 Å². The van der Waals surface area contributed by atoms with Crippen molar-refractivity contribution in [1.82, 2.24) is 0 Å². The maximum Gasteiger partial charge on any atom is 0.0540 e. The predicted molar refractivity (Wildman–Crippen MR) is 240 cm³/mol. The summed E-state index contributed by atoms with van der Waals surface area (Å²) < 4.78 is 0. The first-order chi connectivity index (χ1) is 27.5. The Hall–Kier alpha value is -6.96. The summed E-state index contributed by atoms with van der Waals surface area (Å²) in [6.07, 6.45) is 0. The Bertz CT molecular complexity index is 3170. The minimum atomic E-state index is -0.0628. The SMILES string of the molecule is CC1(C)c2ccccc2-c2cc(N(c3ccc(-c4cc5ccccc5c5ccc6ccccc6c45)cc3)c3ccccc3-c3ccc4ccccc4c3)ccc21. The van der Waals surface area contributed by atoms with Crippen LogP contribution in [0.25, 0.3) is 76.5 Å². The van der Waals surface area contributed by atoms with Crippen molar-refractivity contribution in [1.29, 1.82) is 0 Å². The Kier molecular flexibility index (Phi) is 7.28. The summed E-state index contributed by atoms with van der Waals surface area (Å²) in [5, 5.41) is 10.1. The van der Waals surface area contributed by atoms with E-state index in [0.29, 0.717) is 0 Å². The third-order valence-corrected chi connectivity index (χ3v) is 12.2. The fourth-order valence-electron chi connectivity index (χ4n) is 9.44. The highest BCUT2D eigenvalue weighted by molar-refractivity contribution is 6.23. The lowest BCUT2D eigenvalue weighted by molar-refractivity contribution is 0.660. The van der Waals surface area contributed by atoms with Gasteiger partial charge in [-0.05, 0) is 124 Å². The van der Waals surface area contributed by atoms with Crippen LogP contribution in [0, 0.1) is 0 Å². The Morgan fingerprint density at radius 2 is 0.946 bits per heavy atom. The van der Waals surface area contributed by atoms with Gasteiger partial charge in [-0.1, -0.05) is 172 Å². The molecule has 0 fully saturated rings. The van der Waals surface area contributed by atoms with Gasteiger partial charge in [-0.3, -0.25) is 0 Å². The second kappa shape index (κ2) is 12.5. The van der Waals surface area contributed by atoms with Crippen LogP contribution in [0.5, 0.6) is 0 Å². The summed E-state index contributed by atoms with van der Waals surface area (Å²) in [6, 6.07) is 74.1. The molecule has 0 unspecified atom stereocenters. The number of nitrogens with zero attached hydrogens (tertiary/aromatic N) is 1. The maximum atomic E-state index is 2.45. The summed E-state index contributed by atoms with van der Waals surface area (Å²) in [7, 11) is 0. The number of anilines is 3. The molecule has 0 aliphatic heterocycles. The average Bonchev–Trinajstić information content (AvgIpc) is 3.48. The highest BCUT2D eigenvalue weighted by atomic mass is 15.1.